The minimum atomic E-state index is 0.321. The molecule has 0 spiro atoms. The van der Waals surface area contributed by atoms with Crippen molar-refractivity contribution in [3.05, 3.63) is 59.4 Å². The summed E-state index contributed by atoms with van der Waals surface area (Å²) in [5.74, 6) is 1.89. The Morgan fingerprint density at radius 2 is 1.97 bits per heavy atom. The molecular weight excluding hydrogens is 420 g/mol. The Kier molecular flexibility index (Phi) is 15.3. The lowest BCUT2D eigenvalue weighted by molar-refractivity contribution is 0.284. The molecule has 0 aliphatic heterocycles. The molecule has 0 radical (unpaired) electrons. The van der Waals surface area contributed by atoms with Crippen LogP contribution in [0.15, 0.2) is 47.8 Å². The van der Waals surface area contributed by atoms with Crippen LogP contribution in [0.3, 0.4) is 0 Å². The predicted molar refractivity (Wildman–Crippen MR) is 148 cm³/mol. The fourth-order valence-electron chi connectivity index (χ4n) is 3.48. The number of aromatic nitrogens is 2. The van der Waals surface area contributed by atoms with Crippen LogP contribution in [0.5, 0.6) is 0 Å². The molecule has 3 rings (SSSR count). The molecule has 1 unspecified atom stereocenters. The Hall–Kier alpha value is -2.11. The normalized spacial score (nSPS) is 18.0. The molecule has 1 aromatic rings. The highest BCUT2D eigenvalue weighted by molar-refractivity contribution is 5.72. The van der Waals surface area contributed by atoms with E-state index in [4.69, 9.17) is 15.8 Å². The molecule has 1 atom stereocenters. The number of nitrogens with zero attached hydrogens (tertiary/aromatic N) is 2. The molecule has 5 nitrogen and oxygen atoms in total. The van der Waals surface area contributed by atoms with Gasteiger partial charge in [-0.3, -0.25) is 0 Å². The van der Waals surface area contributed by atoms with Gasteiger partial charge in [-0.2, -0.15) is 0 Å². The van der Waals surface area contributed by atoms with E-state index in [9.17, 15) is 0 Å². The smallest absolute Gasteiger partial charge is 0.113 e. The third-order valence-corrected chi connectivity index (χ3v) is 6.12. The summed E-state index contributed by atoms with van der Waals surface area (Å²) in [6.45, 7) is 12.1. The summed E-state index contributed by atoms with van der Waals surface area (Å²) in [7, 11) is 1.91. The van der Waals surface area contributed by atoms with Crippen molar-refractivity contribution >= 4 is 5.57 Å². The van der Waals surface area contributed by atoms with Crippen molar-refractivity contribution in [2.24, 2.45) is 5.73 Å². The Morgan fingerprint density at radius 3 is 2.41 bits per heavy atom. The number of allylic oxidation sites excluding steroid dienone is 7. The van der Waals surface area contributed by atoms with Crippen LogP contribution >= 0.6 is 0 Å². The van der Waals surface area contributed by atoms with Crippen LogP contribution in [0.2, 0.25) is 0 Å². The molecule has 1 heterocycles. The maximum atomic E-state index is 8.27. The molecule has 1 saturated carbocycles. The van der Waals surface area contributed by atoms with Gasteiger partial charge in [0.1, 0.15) is 5.82 Å². The van der Waals surface area contributed by atoms with Crippen LogP contribution in [-0.2, 0) is 0 Å². The van der Waals surface area contributed by atoms with Crippen molar-refractivity contribution in [3.63, 3.8) is 0 Å². The highest BCUT2D eigenvalue weighted by Crippen LogP contribution is 2.43. The first-order chi connectivity index (χ1) is 16.5. The number of rotatable bonds is 11. The van der Waals surface area contributed by atoms with Crippen molar-refractivity contribution in [2.75, 3.05) is 20.2 Å². The monoisotopic (exact) mass is 470 g/mol. The van der Waals surface area contributed by atoms with Gasteiger partial charge in [-0.05, 0) is 72.9 Å². The summed E-state index contributed by atoms with van der Waals surface area (Å²) >= 11 is 0. The van der Waals surface area contributed by atoms with Crippen LogP contribution in [0, 0.1) is 0 Å². The lowest BCUT2D eigenvalue weighted by Crippen LogP contribution is -2.17. The highest BCUT2D eigenvalue weighted by Gasteiger charge is 2.32. The van der Waals surface area contributed by atoms with Gasteiger partial charge >= 0.3 is 0 Å². The quantitative estimate of drug-likeness (QED) is 0.192. The zero-order valence-electron chi connectivity index (χ0n) is 22.6. The van der Waals surface area contributed by atoms with E-state index in [-0.39, 0.29) is 0 Å². The average molecular weight is 471 g/mol. The third-order valence-electron chi connectivity index (χ3n) is 6.12. The van der Waals surface area contributed by atoms with Gasteiger partial charge in [-0.1, -0.05) is 62.1 Å². The maximum Gasteiger partial charge on any atom is 0.113 e. The first kappa shape index (κ1) is 29.9. The zero-order valence-corrected chi connectivity index (χ0v) is 22.6. The predicted octanol–water partition coefficient (Wildman–Crippen LogP) is 6.65. The first-order valence-corrected chi connectivity index (χ1v) is 13.2. The summed E-state index contributed by atoms with van der Waals surface area (Å²) in [5, 5.41) is 11.3. The molecule has 1 fully saturated rings. The number of imidazole rings is 1. The number of nitrogens with two attached hydrogens (primary N) is 1. The SMILES string of the molecule is C/C=C\C/C(C)=C\C(=C/N)c1cn(C2CC=C2C)c(C2CC2)n1.CCCC.CNCCCCO. The van der Waals surface area contributed by atoms with Crippen LogP contribution in [-0.4, -0.2) is 34.9 Å². The number of hydrogen-bond donors (Lipinski definition) is 3. The van der Waals surface area contributed by atoms with E-state index in [1.165, 1.54) is 42.7 Å². The van der Waals surface area contributed by atoms with Crippen LogP contribution < -0.4 is 11.1 Å². The second-order valence-electron chi connectivity index (χ2n) is 9.29. The van der Waals surface area contributed by atoms with Gasteiger partial charge in [-0.25, -0.2) is 4.98 Å². The van der Waals surface area contributed by atoms with Crippen LogP contribution in [0.25, 0.3) is 5.57 Å². The van der Waals surface area contributed by atoms with Gasteiger partial charge in [0, 0.05) is 30.5 Å². The lowest BCUT2D eigenvalue weighted by atomic mass is 9.93. The molecule has 34 heavy (non-hydrogen) atoms. The number of nitrogens with one attached hydrogen (secondary N) is 1. The lowest BCUT2D eigenvalue weighted by Gasteiger charge is -2.27. The maximum absolute atomic E-state index is 8.27. The standard InChI is InChI=1S/C20H27N3.C5H13NO.C4H10/c1-4-5-6-14(2)11-17(12-21)18-13-23(19-10-7-15(19)3)20(22-18)16-8-9-16;1-6-4-2-3-5-7;1-3-4-2/h4-5,7,11-13,16,19H,6,8-10,21H2,1-3H3;6-7H,2-5H2,1H3;3-4H2,1-2H3/b5-4-,14-11-,17-12+;;. The van der Waals surface area contributed by atoms with Crippen molar-refractivity contribution < 1.29 is 5.11 Å². The second kappa shape index (κ2) is 17.3. The minimum absolute atomic E-state index is 0.321. The fraction of sp³-hybridized carbons (Fsp3) is 0.621. The minimum Gasteiger partial charge on any atom is -0.404 e. The summed E-state index contributed by atoms with van der Waals surface area (Å²) in [5.41, 5.74) is 10.7. The van der Waals surface area contributed by atoms with E-state index in [0.29, 0.717) is 18.6 Å². The zero-order chi connectivity index (χ0) is 25.3. The summed E-state index contributed by atoms with van der Waals surface area (Å²) in [4.78, 5) is 4.94. The molecule has 0 bridgehead atoms. The van der Waals surface area contributed by atoms with Crippen molar-refractivity contribution in [2.45, 2.75) is 97.9 Å². The number of unbranched alkanes of at least 4 members (excludes halogenated alkanes) is 2. The Labute approximate surface area is 208 Å². The summed E-state index contributed by atoms with van der Waals surface area (Å²) < 4.78 is 2.39. The number of aliphatic hydroxyl groups excluding tert-OH is 1. The number of aliphatic hydroxyl groups is 1. The van der Waals surface area contributed by atoms with Gasteiger partial charge in [0.15, 0.2) is 0 Å². The van der Waals surface area contributed by atoms with E-state index < -0.39 is 0 Å². The first-order valence-electron chi connectivity index (χ1n) is 13.2. The summed E-state index contributed by atoms with van der Waals surface area (Å²) in [6, 6.07) is 0.499. The van der Waals surface area contributed by atoms with Gasteiger partial charge in [0.05, 0.1) is 11.7 Å². The third kappa shape index (κ3) is 10.4. The summed E-state index contributed by atoms with van der Waals surface area (Å²) in [6.07, 6.45) is 21.8. The second-order valence-corrected chi connectivity index (χ2v) is 9.29. The molecule has 0 amide bonds. The van der Waals surface area contributed by atoms with Gasteiger partial charge in [0.25, 0.3) is 0 Å². The molecule has 2 aliphatic carbocycles. The Balaban J connectivity index is 0.000000441. The molecule has 2 aliphatic rings. The molecule has 0 saturated heterocycles. The van der Waals surface area contributed by atoms with E-state index in [1.54, 1.807) is 6.20 Å². The molecule has 1 aromatic heterocycles. The average Bonchev–Trinajstić information content (AvgIpc) is 3.61. The van der Waals surface area contributed by atoms with Crippen molar-refractivity contribution in [1.29, 1.82) is 0 Å². The van der Waals surface area contributed by atoms with E-state index in [1.807, 2.05) is 14.0 Å². The van der Waals surface area contributed by atoms with Gasteiger partial charge in [-0.15, -0.1) is 0 Å². The van der Waals surface area contributed by atoms with Crippen molar-refractivity contribution in [1.82, 2.24) is 14.9 Å². The largest absolute Gasteiger partial charge is 0.404 e. The molecule has 192 valence electrons. The van der Waals surface area contributed by atoms with E-state index in [0.717, 1.165) is 43.5 Å². The Morgan fingerprint density at radius 1 is 1.26 bits per heavy atom. The van der Waals surface area contributed by atoms with Gasteiger partial charge in [0.2, 0.25) is 0 Å². The van der Waals surface area contributed by atoms with Gasteiger partial charge < -0.3 is 20.7 Å². The number of hydrogen-bond acceptors (Lipinski definition) is 4. The van der Waals surface area contributed by atoms with E-state index >= 15 is 0 Å². The molecule has 4 N–H and O–H groups in total. The highest BCUT2D eigenvalue weighted by atomic mass is 16.2. The van der Waals surface area contributed by atoms with Crippen molar-refractivity contribution in [3.8, 4) is 0 Å². The Bertz CT molecular complexity index is 806. The van der Waals surface area contributed by atoms with E-state index in [2.05, 4.69) is 68.1 Å². The van der Waals surface area contributed by atoms with Crippen LogP contribution in [0.4, 0.5) is 0 Å². The van der Waals surface area contributed by atoms with Crippen LogP contribution in [0.1, 0.15) is 109 Å². The topological polar surface area (TPSA) is 76.1 Å². The molecular formula is C29H50N4O. The molecule has 0 aromatic carbocycles. The molecule has 5 heteroatoms. The fourth-order valence-corrected chi connectivity index (χ4v) is 3.48.